The summed E-state index contributed by atoms with van der Waals surface area (Å²) in [7, 11) is 0. The van der Waals surface area contributed by atoms with Gasteiger partial charge >= 0.3 is 0 Å². The summed E-state index contributed by atoms with van der Waals surface area (Å²) in [5.41, 5.74) is 0.960. The first-order valence-corrected chi connectivity index (χ1v) is 8.77. The van der Waals surface area contributed by atoms with E-state index in [0.717, 1.165) is 12.8 Å². The average molecular weight is 363 g/mol. The second kappa shape index (κ2) is 8.67. The lowest BCUT2D eigenvalue weighted by molar-refractivity contribution is -0.114. The highest BCUT2D eigenvalue weighted by Gasteiger charge is 2.24. The number of aromatic nitrogens is 2. The second-order valence-corrected chi connectivity index (χ2v) is 6.15. The fourth-order valence-corrected chi connectivity index (χ4v) is 2.84. The van der Waals surface area contributed by atoms with Crippen LogP contribution in [0.5, 0.6) is 0 Å². The molecule has 0 saturated heterocycles. The van der Waals surface area contributed by atoms with Crippen molar-refractivity contribution >= 4 is 29.2 Å². The fraction of sp³-hybridized carbons (Fsp3) is 0.389. The molecule has 25 heavy (non-hydrogen) atoms. The zero-order chi connectivity index (χ0) is 18.4. The highest BCUT2D eigenvalue weighted by atomic mass is 35.5. The van der Waals surface area contributed by atoms with Gasteiger partial charge in [-0.2, -0.15) is 5.10 Å². The molecule has 0 aliphatic carbocycles. The first-order valence-electron chi connectivity index (χ1n) is 8.39. The van der Waals surface area contributed by atoms with Gasteiger partial charge in [0.1, 0.15) is 11.4 Å². The van der Waals surface area contributed by atoms with E-state index in [-0.39, 0.29) is 11.8 Å². The minimum absolute atomic E-state index is 0.147. The zero-order valence-electron chi connectivity index (χ0n) is 14.8. The summed E-state index contributed by atoms with van der Waals surface area (Å²) < 4.78 is 1.49. The van der Waals surface area contributed by atoms with Gasteiger partial charge in [-0.05, 0) is 25.0 Å². The summed E-state index contributed by atoms with van der Waals surface area (Å²) in [4.78, 5) is 26.4. The van der Waals surface area contributed by atoms with Gasteiger partial charge in [0.05, 0.1) is 16.9 Å². The molecule has 0 saturated carbocycles. The Hall–Kier alpha value is -2.34. The minimum Gasteiger partial charge on any atom is -0.339 e. The largest absolute Gasteiger partial charge is 0.339 e. The van der Waals surface area contributed by atoms with Crippen molar-refractivity contribution in [1.82, 2.24) is 14.7 Å². The molecule has 0 radical (unpaired) electrons. The summed E-state index contributed by atoms with van der Waals surface area (Å²) in [5, 5.41) is 7.50. The van der Waals surface area contributed by atoms with Gasteiger partial charge in [0.15, 0.2) is 0 Å². The van der Waals surface area contributed by atoms with Crippen molar-refractivity contribution in [2.24, 2.45) is 0 Å². The first kappa shape index (κ1) is 19.0. The highest BCUT2D eigenvalue weighted by molar-refractivity contribution is 6.32. The molecular weight excluding hydrogens is 340 g/mol. The molecule has 0 aliphatic heterocycles. The maximum Gasteiger partial charge on any atom is 0.259 e. The van der Waals surface area contributed by atoms with E-state index in [1.54, 1.807) is 17.0 Å². The Kier molecular flexibility index (Phi) is 6.58. The number of carbonyl (C=O) groups excluding carboxylic acids is 2. The SMILES string of the molecule is CCCN(CCC)C(=O)c1cnn(-c2ccccc2Cl)c1NC(C)=O. The van der Waals surface area contributed by atoms with Gasteiger partial charge in [0.2, 0.25) is 5.91 Å². The third-order valence-electron chi connectivity index (χ3n) is 3.65. The van der Waals surface area contributed by atoms with E-state index in [9.17, 15) is 9.59 Å². The lowest BCUT2D eigenvalue weighted by Crippen LogP contribution is -2.33. The number of benzene rings is 1. The summed E-state index contributed by atoms with van der Waals surface area (Å²) in [6.45, 7) is 6.76. The summed E-state index contributed by atoms with van der Waals surface area (Å²) in [5.74, 6) is -0.0889. The van der Waals surface area contributed by atoms with Crippen LogP contribution < -0.4 is 5.32 Å². The number of nitrogens with zero attached hydrogens (tertiary/aromatic N) is 3. The molecule has 2 aromatic rings. The van der Waals surface area contributed by atoms with Crippen LogP contribution in [-0.2, 0) is 4.79 Å². The number of rotatable bonds is 7. The molecule has 1 N–H and O–H groups in total. The average Bonchev–Trinajstić information content (AvgIpc) is 2.97. The van der Waals surface area contributed by atoms with Crippen molar-refractivity contribution in [3.05, 3.63) is 41.0 Å². The van der Waals surface area contributed by atoms with Gasteiger partial charge in [-0.15, -0.1) is 0 Å². The zero-order valence-corrected chi connectivity index (χ0v) is 15.5. The minimum atomic E-state index is -0.277. The number of carbonyl (C=O) groups is 2. The molecule has 0 aliphatic rings. The number of nitrogens with one attached hydrogen (secondary N) is 1. The first-order chi connectivity index (χ1) is 12.0. The molecule has 0 unspecified atom stereocenters. The standard InChI is InChI=1S/C18H23ClN4O2/c1-4-10-22(11-5-2)18(25)14-12-20-23(17(14)21-13(3)24)16-9-7-6-8-15(16)19/h6-9,12H,4-5,10-11H2,1-3H3,(H,21,24). The third kappa shape index (κ3) is 4.39. The van der Waals surface area contributed by atoms with Crippen LogP contribution in [0.25, 0.3) is 5.69 Å². The van der Waals surface area contributed by atoms with Crippen molar-refractivity contribution in [1.29, 1.82) is 0 Å². The Morgan fingerprint density at radius 3 is 2.40 bits per heavy atom. The molecule has 7 heteroatoms. The molecule has 1 heterocycles. The Morgan fingerprint density at radius 1 is 1.20 bits per heavy atom. The van der Waals surface area contributed by atoms with E-state index in [1.807, 2.05) is 26.0 Å². The maximum absolute atomic E-state index is 12.9. The lowest BCUT2D eigenvalue weighted by Gasteiger charge is -2.21. The maximum atomic E-state index is 12.9. The molecule has 0 bridgehead atoms. The van der Waals surface area contributed by atoms with Gasteiger partial charge in [-0.25, -0.2) is 4.68 Å². The fourth-order valence-electron chi connectivity index (χ4n) is 2.62. The van der Waals surface area contributed by atoms with Crippen LogP contribution in [0, 0.1) is 0 Å². The van der Waals surface area contributed by atoms with Crippen molar-refractivity contribution in [3.8, 4) is 5.69 Å². The van der Waals surface area contributed by atoms with Crippen molar-refractivity contribution in [3.63, 3.8) is 0 Å². The number of hydrogen-bond acceptors (Lipinski definition) is 3. The molecule has 1 aromatic heterocycles. The normalized spacial score (nSPS) is 10.6. The van der Waals surface area contributed by atoms with Gasteiger partial charge in [-0.3, -0.25) is 9.59 Å². The quantitative estimate of drug-likeness (QED) is 0.815. The van der Waals surface area contributed by atoms with E-state index in [2.05, 4.69) is 10.4 Å². The number of para-hydroxylation sites is 1. The summed E-state index contributed by atoms with van der Waals surface area (Å²) >= 11 is 6.25. The predicted molar refractivity (Wildman–Crippen MR) is 99.4 cm³/mol. The topological polar surface area (TPSA) is 67.2 Å². The Morgan fingerprint density at radius 2 is 1.84 bits per heavy atom. The van der Waals surface area contributed by atoms with Crippen LogP contribution in [0.15, 0.2) is 30.5 Å². The lowest BCUT2D eigenvalue weighted by atomic mass is 10.2. The van der Waals surface area contributed by atoms with E-state index >= 15 is 0 Å². The van der Waals surface area contributed by atoms with Crippen LogP contribution in [0.1, 0.15) is 44.0 Å². The summed E-state index contributed by atoms with van der Waals surface area (Å²) in [6, 6.07) is 7.15. The molecule has 0 atom stereocenters. The van der Waals surface area contributed by atoms with Gasteiger partial charge < -0.3 is 10.2 Å². The summed E-state index contributed by atoms with van der Waals surface area (Å²) in [6.07, 6.45) is 3.20. The van der Waals surface area contributed by atoms with E-state index in [4.69, 9.17) is 11.6 Å². The van der Waals surface area contributed by atoms with Crippen molar-refractivity contribution in [2.75, 3.05) is 18.4 Å². The molecule has 2 rings (SSSR count). The number of halogens is 1. The van der Waals surface area contributed by atoms with E-state index < -0.39 is 0 Å². The van der Waals surface area contributed by atoms with Crippen molar-refractivity contribution < 1.29 is 9.59 Å². The Labute approximate surface area is 152 Å². The molecule has 2 amide bonds. The monoisotopic (exact) mass is 362 g/mol. The van der Waals surface area contributed by atoms with Gasteiger partial charge in [-0.1, -0.05) is 37.6 Å². The van der Waals surface area contributed by atoms with Crippen LogP contribution in [0.2, 0.25) is 5.02 Å². The highest BCUT2D eigenvalue weighted by Crippen LogP contribution is 2.26. The molecule has 0 fully saturated rings. The molecule has 1 aromatic carbocycles. The molecule has 0 spiro atoms. The van der Waals surface area contributed by atoms with Crippen molar-refractivity contribution in [2.45, 2.75) is 33.6 Å². The smallest absolute Gasteiger partial charge is 0.259 e. The number of amides is 2. The molecular formula is C18H23ClN4O2. The Balaban J connectivity index is 2.50. The third-order valence-corrected chi connectivity index (χ3v) is 3.97. The van der Waals surface area contributed by atoms with Crippen LogP contribution in [-0.4, -0.2) is 39.6 Å². The molecule has 134 valence electrons. The van der Waals surface area contributed by atoms with Gasteiger partial charge in [0, 0.05) is 20.0 Å². The number of hydrogen-bond donors (Lipinski definition) is 1. The number of anilines is 1. The van der Waals surface area contributed by atoms with Gasteiger partial charge in [0.25, 0.3) is 5.91 Å². The van der Waals surface area contributed by atoms with Crippen LogP contribution in [0.4, 0.5) is 5.82 Å². The van der Waals surface area contributed by atoms with Crippen LogP contribution >= 0.6 is 11.6 Å². The van der Waals surface area contributed by atoms with E-state index in [1.165, 1.54) is 17.8 Å². The second-order valence-electron chi connectivity index (χ2n) is 5.74. The predicted octanol–water partition coefficient (Wildman–Crippen LogP) is 3.75. The Bertz CT molecular complexity index is 751. The van der Waals surface area contributed by atoms with Crippen LogP contribution in [0.3, 0.4) is 0 Å². The molecule has 6 nitrogen and oxygen atoms in total. The van der Waals surface area contributed by atoms with E-state index in [0.29, 0.717) is 35.2 Å².